The van der Waals surface area contributed by atoms with Gasteiger partial charge in [0, 0.05) is 12.8 Å². The molecule has 0 radical (unpaired) electrons. The maximum Gasteiger partial charge on any atom is 0.341 e. The normalized spacial score (nSPS) is 16.6. The number of carboxylic acids is 1. The topological polar surface area (TPSA) is 84.9 Å². The number of hydrogen-bond acceptors (Lipinski definition) is 4. The number of aliphatic carboxylic acids is 1. The zero-order valence-corrected chi connectivity index (χ0v) is 13.6. The van der Waals surface area contributed by atoms with E-state index in [1.54, 1.807) is 25.3 Å². The van der Waals surface area contributed by atoms with Crippen LogP contribution in [-0.2, 0) is 14.3 Å². The van der Waals surface area contributed by atoms with Crippen molar-refractivity contribution in [1.82, 2.24) is 0 Å². The molecule has 1 saturated carbocycles. The number of amides is 1. The Morgan fingerprint density at radius 2 is 1.96 bits per heavy atom. The summed E-state index contributed by atoms with van der Waals surface area (Å²) in [6.07, 6.45) is 4.57. The van der Waals surface area contributed by atoms with Gasteiger partial charge in [-0.1, -0.05) is 19.3 Å². The van der Waals surface area contributed by atoms with Gasteiger partial charge in [0.05, 0.1) is 0 Å². The molecule has 23 heavy (non-hydrogen) atoms. The van der Waals surface area contributed by atoms with Crippen molar-refractivity contribution in [1.29, 1.82) is 0 Å². The second-order valence-electron chi connectivity index (χ2n) is 5.87. The molecule has 0 bridgehead atoms. The number of carboxylic acid groups (broad SMARTS) is 1. The number of benzene rings is 1. The monoisotopic (exact) mass is 321 g/mol. The molecule has 0 saturated heterocycles. The molecule has 0 aromatic heterocycles. The van der Waals surface area contributed by atoms with E-state index in [9.17, 15) is 9.59 Å². The van der Waals surface area contributed by atoms with E-state index in [1.807, 2.05) is 6.92 Å². The Morgan fingerprint density at radius 3 is 2.52 bits per heavy atom. The molecular weight excluding hydrogens is 298 g/mol. The first-order valence-corrected chi connectivity index (χ1v) is 7.79. The van der Waals surface area contributed by atoms with Crippen LogP contribution in [0.1, 0.15) is 37.7 Å². The molecule has 126 valence electrons. The highest BCUT2D eigenvalue weighted by molar-refractivity contribution is 5.98. The second kappa shape index (κ2) is 7.46. The van der Waals surface area contributed by atoms with E-state index in [1.165, 1.54) is 0 Å². The summed E-state index contributed by atoms with van der Waals surface area (Å²) >= 11 is 0. The van der Waals surface area contributed by atoms with E-state index in [2.05, 4.69) is 5.32 Å². The Morgan fingerprint density at radius 1 is 1.26 bits per heavy atom. The van der Waals surface area contributed by atoms with E-state index >= 15 is 0 Å². The number of ether oxygens (including phenoxy) is 2. The van der Waals surface area contributed by atoms with Gasteiger partial charge in [-0.05, 0) is 43.5 Å². The molecule has 0 unspecified atom stereocenters. The first kappa shape index (κ1) is 17.3. The number of carbonyl (C=O) groups excluding carboxylic acids is 1. The number of carbonyl (C=O) groups is 2. The lowest BCUT2D eigenvalue weighted by Crippen LogP contribution is -2.46. The smallest absolute Gasteiger partial charge is 0.341 e. The van der Waals surface area contributed by atoms with Crippen LogP contribution in [0.2, 0.25) is 0 Å². The molecule has 1 amide bonds. The Balaban J connectivity index is 2.07. The fourth-order valence-corrected chi connectivity index (χ4v) is 2.89. The summed E-state index contributed by atoms with van der Waals surface area (Å²) in [4.78, 5) is 23.1. The van der Waals surface area contributed by atoms with E-state index in [-0.39, 0.29) is 5.91 Å². The Labute approximate surface area is 135 Å². The maximum absolute atomic E-state index is 12.6. The van der Waals surface area contributed by atoms with Gasteiger partial charge in [0.25, 0.3) is 5.91 Å². The minimum absolute atomic E-state index is 0.123. The summed E-state index contributed by atoms with van der Waals surface area (Å²) in [5.74, 6) is -0.691. The van der Waals surface area contributed by atoms with E-state index in [4.69, 9.17) is 14.6 Å². The number of methoxy groups -OCH3 is 1. The number of hydrogen-bond donors (Lipinski definition) is 2. The third-order valence-electron chi connectivity index (χ3n) is 4.27. The Kier molecular flexibility index (Phi) is 5.60. The molecule has 1 aliphatic rings. The van der Waals surface area contributed by atoms with E-state index in [0.717, 1.165) is 37.7 Å². The molecule has 6 nitrogen and oxygen atoms in total. The first-order valence-electron chi connectivity index (χ1n) is 7.79. The molecule has 0 atom stereocenters. The van der Waals surface area contributed by atoms with Crippen LogP contribution < -0.4 is 10.1 Å². The minimum Gasteiger partial charge on any atom is -0.482 e. The van der Waals surface area contributed by atoms with Crippen molar-refractivity contribution in [2.24, 2.45) is 0 Å². The largest absolute Gasteiger partial charge is 0.482 e. The van der Waals surface area contributed by atoms with E-state index < -0.39 is 18.2 Å². The fraction of sp³-hybridized carbons (Fsp3) is 0.529. The van der Waals surface area contributed by atoms with Gasteiger partial charge in [-0.3, -0.25) is 4.79 Å². The molecule has 0 aliphatic heterocycles. The van der Waals surface area contributed by atoms with Crippen molar-refractivity contribution >= 4 is 17.6 Å². The van der Waals surface area contributed by atoms with Crippen LogP contribution in [0.4, 0.5) is 5.69 Å². The van der Waals surface area contributed by atoms with Crippen molar-refractivity contribution in [3.8, 4) is 5.75 Å². The van der Waals surface area contributed by atoms with Crippen molar-refractivity contribution in [2.45, 2.75) is 44.6 Å². The lowest BCUT2D eigenvalue weighted by atomic mass is 9.84. The Bertz CT molecular complexity index is 578. The summed E-state index contributed by atoms with van der Waals surface area (Å²) in [6.45, 7) is 1.45. The van der Waals surface area contributed by atoms with Crippen LogP contribution in [0, 0.1) is 6.92 Å². The molecule has 1 aromatic rings. The predicted octanol–water partition coefficient (Wildman–Crippen LogP) is 2.75. The average Bonchev–Trinajstić information content (AvgIpc) is 2.55. The number of rotatable bonds is 6. The van der Waals surface area contributed by atoms with Gasteiger partial charge in [-0.15, -0.1) is 0 Å². The van der Waals surface area contributed by atoms with Crippen molar-refractivity contribution in [3.63, 3.8) is 0 Å². The average molecular weight is 321 g/mol. The Hall–Kier alpha value is -2.08. The molecule has 1 aliphatic carbocycles. The fourth-order valence-electron chi connectivity index (χ4n) is 2.89. The molecule has 0 spiro atoms. The highest BCUT2D eigenvalue weighted by Gasteiger charge is 2.39. The van der Waals surface area contributed by atoms with E-state index in [0.29, 0.717) is 11.4 Å². The zero-order chi connectivity index (χ0) is 16.9. The van der Waals surface area contributed by atoms with Crippen LogP contribution in [0.15, 0.2) is 18.2 Å². The van der Waals surface area contributed by atoms with Gasteiger partial charge in [-0.2, -0.15) is 0 Å². The molecule has 2 rings (SSSR count). The minimum atomic E-state index is -1.03. The quantitative estimate of drug-likeness (QED) is 0.841. The third kappa shape index (κ3) is 4.22. The van der Waals surface area contributed by atoms with Crippen LogP contribution in [-0.4, -0.2) is 36.3 Å². The van der Waals surface area contributed by atoms with Gasteiger partial charge in [-0.25, -0.2) is 4.79 Å². The summed E-state index contributed by atoms with van der Waals surface area (Å²) < 4.78 is 10.7. The number of nitrogens with one attached hydrogen (secondary N) is 1. The van der Waals surface area contributed by atoms with Crippen LogP contribution in [0.5, 0.6) is 5.75 Å². The third-order valence-corrected chi connectivity index (χ3v) is 4.27. The lowest BCUT2D eigenvalue weighted by Gasteiger charge is -2.34. The predicted molar refractivity (Wildman–Crippen MR) is 85.8 cm³/mol. The summed E-state index contributed by atoms with van der Waals surface area (Å²) in [7, 11) is 1.58. The molecule has 0 heterocycles. The van der Waals surface area contributed by atoms with Crippen molar-refractivity contribution in [3.05, 3.63) is 23.8 Å². The number of aryl methyl sites for hydroxylation is 1. The summed E-state index contributed by atoms with van der Waals surface area (Å²) in [6, 6.07) is 5.07. The van der Waals surface area contributed by atoms with Crippen molar-refractivity contribution in [2.75, 3.05) is 19.0 Å². The highest BCUT2D eigenvalue weighted by atomic mass is 16.5. The SMILES string of the molecule is COC1(C(=O)Nc2ccc(OCC(=O)O)cc2C)CCCCC1. The van der Waals surface area contributed by atoms with Crippen LogP contribution in [0.3, 0.4) is 0 Å². The van der Waals surface area contributed by atoms with Gasteiger partial charge in [0.15, 0.2) is 6.61 Å². The molecule has 2 N–H and O–H groups in total. The highest BCUT2D eigenvalue weighted by Crippen LogP contribution is 2.33. The van der Waals surface area contributed by atoms with Gasteiger partial charge in [0.2, 0.25) is 0 Å². The van der Waals surface area contributed by atoms with Crippen LogP contribution >= 0.6 is 0 Å². The maximum atomic E-state index is 12.6. The second-order valence-corrected chi connectivity index (χ2v) is 5.87. The standard InChI is InChI=1S/C17H23NO5/c1-12-10-13(23-11-15(19)20)6-7-14(12)18-16(21)17(22-2)8-4-3-5-9-17/h6-7,10H,3-5,8-9,11H2,1-2H3,(H,18,21)(H,19,20). The number of anilines is 1. The summed E-state index contributed by atoms with van der Waals surface area (Å²) in [5, 5.41) is 11.5. The van der Waals surface area contributed by atoms with Gasteiger partial charge in [0.1, 0.15) is 11.4 Å². The van der Waals surface area contributed by atoms with Gasteiger partial charge >= 0.3 is 5.97 Å². The molecule has 1 aromatic carbocycles. The zero-order valence-electron chi connectivity index (χ0n) is 13.6. The summed E-state index contributed by atoms with van der Waals surface area (Å²) in [5.41, 5.74) is 0.742. The molecular formula is C17H23NO5. The lowest BCUT2D eigenvalue weighted by molar-refractivity contribution is -0.141. The molecule has 1 fully saturated rings. The molecule has 6 heteroatoms. The first-order chi connectivity index (χ1) is 11.0. The van der Waals surface area contributed by atoms with Crippen molar-refractivity contribution < 1.29 is 24.2 Å². The van der Waals surface area contributed by atoms with Crippen LogP contribution in [0.25, 0.3) is 0 Å². The van der Waals surface area contributed by atoms with Gasteiger partial charge < -0.3 is 19.9 Å².